The molecule has 1 amide bonds. The van der Waals surface area contributed by atoms with E-state index < -0.39 is 5.97 Å². The molecule has 0 saturated heterocycles. The number of rotatable bonds is 7. The molecular weight excluding hydrogens is 356 g/mol. The van der Waals surface area contributed by atoms with Crippen molar-refractivity contribution in [3.63, 3.8) is 0 Å². The Bertz CT molecular complexity index is 943. The fourth-order valence-electron chi connectivity index (χ4n) is 2.54. The summed E-state index contributed by atoms with van der Waals surface area (Å²) in [5.41, 5.74) is 2.56. The summed E-state index contributed by atoms with van der Waals surface area (Å²) in [6.07, 6.45) is 2.26. The van der Waals surface area contributed by atoms with Crippen LogP contribution in [0.15, 0.2) is 66.9 Å². The number of carbonyl (C=O) groups is 2. The van der Waals surface area contributed by atoms with Gasteiger partial charge in [-0.2, -0.15) is 0 Å². The minimum absolute atomic E-state index is 0.262. The SMILES string of the molecule is COC(=O)c1ccc(Nc2nccc(C(=O)NCCc3ccccc3)n2)cc1. The molecule has 0 aliphatic heterocycles. The van der Waals surface area contributed by atoms with Crippen molar-refractivity contribution in [2.45, 2.75) is 6.42 Å². The van der Waals surface area contributed by atoms with Gasteiger partial charge < -0.3 is 15.4 Å². The van der Waals surface area contributed by atoms with Crippen molar-refractivity contribution in [1.82, 2.24) is 15.3 Å². The highest BCUT2D eigenvalue weighted by Crippen LogP contribution is 2.14. The Labute approximate surface area is 162 Å². The van der Waals surface area contributed by atoms with Gasteiger partial charge in [0.15, 0.2) is 0 Å². The molecule has 2 N–H and O–H groups in total. The van der Waals surface area contributed by atoms with E-state index in [1.54, 1.807) is 30.3 Å². The molecule has 0 fully saturated rings. The van der Waals surface area contributed by atoms with Gasteiger partial charge in [-0.25, -0.2) is 14.8 Å². The molecule has 2 aromatic carbocycles. The zero-order chi connectivity index (χ0) is 19.8. The largest absolute Gasteiger partial charge is 0.465 e. The van der Waals surface area contributed by atoms with Crippen LogP contribution >= 0.6 is 0 Å². The first kappa shape index (κ1) is 19.0. The Kier molecular flexibility index (Phi) is 6.30. The van der Waals surface area contributed by atoms with Crippen molar-refractivity contribution >= 4 is 23.5 Å². The Morgan fingerprint density at radius 3 is 2.46 bits per heavy atom. The van der Waals surface area contributed by atoms with Crippen LogP contribution in [-0.2, 0) is 11.2 Å². The first-order valence-electron chi connectivity index (χ1n) is 8.76. The quantitative estimate of drug-likeness (QED) is 0.616. The molecule has 142 valence electrons. The Morgan fingerprint density at radius 1 is 1.00 bits per heavy atom. The van der Waals surface area contributed by atoms with Gasteiger partial charge in [-0.15, -0.1) is 0 Å². The lowest BCUT2D eigenvalue weighted by Crippen LogP contribution is -2.26. The van der Waals surface area contributed by atoms with Crippen molar-refractivity contribution in [2.24, 2.45) is 0 Å². The second-order valence-electron chi connectivity index (χ2n) is 5.95. The highest BCUT2D eigenvalue weighted by Gasteiger charge is 2.09. The maximum absolute atomic E-state index is 12.3. The number of hydrogen-bond acceptors (Lipinski definition) is 6. The van der Waals surface area contributed by atoms with Gasteiger partial charge in [0.25, 0.3) is 5.91 Å². The van der Waals surface area contributed by atoms with Crippen LogP contribution in [0, 0.1) is 0 Å². The smallest absolute Gasteiger partial charge is 0.337 e. The van der Waals surface area contributed by atoms with Crippen LogP contribution in [0.2, 0.25) is 0 Å². The number of nitrogens with one attached hydrogen (secondary N) is 2. The number of anilines is 2. The van der Waals surface area contributed by atoms with Gasteiger partial charge in [0, 0.05) is 18.4 Å². The highest BCUT2D eigenvalue weighted by atomic mass is 16.5. The minimum atomic E-state index is -0.406. The van der Waals surface area contributed by atoms with Crippen molar-refractivity contribution < 1.29 is 14.3 Å². The van der Waals surface area contributed by atoms with E-state index in [9.17, 15) is 9.59 Å². The predicted octanol–water partition coefficient (Wildman–Crippen LogP) is 2.98. The first-order valence-corrected chi connectivity index (χ1v) is 8.76. The van der Waals surface area contributed by atoms with Crippen molar-refractivity contribution in [3.05, 3.63) is 83.7 Å². The summed E-state index contributed by atoms with van der Waals surface area (Å²) in [4.78, 5) is 32.1. The number of methoxy groups -OCH3 is 1. The molecule has 3 rings (SSSR count). The number of amides is 1. The molecule has 0 atom stereocenters. The molecular formula is C21H20N4O3. The topological polar surface area (TPSA) is 93.2 Å². The fraction of sp³-hybridized carbons (Fsp3) is 0.143. The molecule has 3 aromatic rings. The molecule has 7 nitrogen and oxygen atoms in total. The summed E-state index contributed by atoms with van der Waals surface area (Å²) in [5, 5.41) is 5.87. The summed E-state index contributed by atoms with van der Waals surface area (Å²) < 4.78 is 4.67. The third kappa shape index (κ3) is 5.14. The van der Waals surface area contributed by atoms with Crippen LogP contribution in [0.1, 0.15) is 26.4 Å². The van der Waals surface area contributed by atoms with Gasteiger partial charge in [0.2, 0.25) is 5.95 Å². The lowest BCUT2D eigenvalue weighted by atomic mass is 10.1. The number of ether oxygens (including phenoxy) is 1. The number of esters is 1. The summed E-state index contributed by atoms with van der Waals surface area (Å²) in [6, 6.07) is 18.2. The van der Waals surface area contributed by atoms with E-state index >= 15 is 0 Å². The third-order valence-electron chi connectivity index (χ3n) is 3.99. The Hall–Kier alpha value is -3.74. The molecule has 28 heavy (non-hydrogen) atoms. The first-order chi connectivity index (χ1) is 13.7. The van der Waals surface area contributed by atoms with Crippen molar-refractivity contribution in [3.8, 4) is 0 Å². The molecule has 7 heteroatoms. The molecule has 1 aromatic heterocycles. The Balaban J connectivity index is 1.58. The molecule has 1 heterocycles. The number of hydrogen-bond donors (Lipinski definition) is 2. The van der Waals surface area contributed by atoms with Gasteiger partial charge in [0.05, 0.1) is 12.7 Å². The van der Waals surface area contributed by atoms with Crippen LogP contribution in [0.3, 0.4) is 0 Å². The van der Waals surface area contributed by atoms with E-state index in [0.717, 1.165) is 12.0 Å². The van der Waals surface area contributed by atoms with Crippen LogP contribution in [0.5, 0.6) is 0 Å². The number of aromatic nitrogens is 2. The average molecular weight is 376 g/mol. The van der Waals surface area contributed by atoms with E-state index in [0.29, 0.717) is 23.7 Å². The zero-order valence-electron chi connectivity index (χ0n) is 15.4. The van der Waals surface area contributed by atoms with Gasteiger partial charge in [0.1, 0.15) is 5.69 Å². The van der Waals surface area contributed by atoms with Crippen LogP contribution < -0.4 is 10.6 Å². The van der Waals surface area contributed by atoms with E-state index in [-0.39, 0.29) is 11.6 Å². The van der Waals surface area contributed by atoms with Crippen LogP contribution in [0.4, 0.5) is 11.6 Å². The fourth-order valence-corrected chi connectivity index (χ4v) is 2.54. The molecule has 0 unspecified atom stereocenters. The number of carbonyl (C=O) groups excluding carboxylic acids is 2. The van der Waals surface area contributed by atoms with E-state index in [2.05, 4.69) is 25.3 Å². The second-order valence-corrected chi connectivity index (χ2v) is 5.95. The van der Waals surface area contributed by atoms with Crippen molar-refractivity contribution in [2.75, 3.05) is 19.0 Å². The standard InChI is InChI=1S/C21H20N4O3/c1-28-20(27)16-7-9-17(10-8-16)24-21-23-14-12-18(25-21)19(26)22-13-11-15-5-3-2-4-6-15/h2-10,12,14H,11,13H2,1H3,(H,22,26)(H,23,24,25). The highest BCUT2D eigenvalue weighted by molar-refractivity contribution is 5.92. The lowest BCUT2D eigenvalue weighted by Gasteiger charge is -2.08. The monoisotopic (exact) mass is 376 g/mol. The second kappa shape index (κ2) is 9.27. The van der Waals surface area contributed by atoms with Crippen LogP contribution in [-0.4, -0.2) is 35.5 Å². The maximum atomic E-state index is 12.3. The summed E-state index contributed by atoms with van der Waals surface area (Å²) in [7, 11) is 1.33. The Morgan fingerprint density at radius 2 is 1.75 bits per heavy atom. The lowest BCUT2D eigenvalue weighted by molar-refractivity contribution is 0.0600. The number of nitrogens with zero attached hydrogens (tertiary/aromatic N) is 2. The molecule has 0 bridgehead atoms. The molecule has 0 radical (unpaired) electrons. The normalized spacial score (nSPS) is 10.2. The summed E-state index contributed by atoms with van der Waals surface area (Å²) in [5.74, 6) is -0.374. The predicted molar refractivity (Wildman–Crippen MR) is 106 cm³/mol. The van der Waals surface area contributed by atoms with Crippen molar-refractivity contribution in [1.29, 1.82) is 0 Å². The molecule has 0 saturated carbocycles. The third-order valence-corrected chi connectivity index (χ3v) is 3.99. The zero-order valence-corrected chi connectivity index (χ0v) is 15.4. The molecule has 0 aliphatic carbocycles. The average Bonchev–Trinajstić information content (AvgIpc) is 2.74. The van der Waals surface area contributed by atoms with E-state index in [1.807, 2.05) is 30.3 Å². The van der Waals surface area contributed by atoms with Gasteiger partial charge in [-0.1, -0.05) is 30.3 Å². The van der Waals surface area contributed by atoms with Gasteiger partial charge >= 0.3 is 5.97 Å². The van der Waals surface area contributed by atoms with E-state index in [1.165, 1.54) is 13.3 Å². The maximum Gasteiger partial charge on any atom is 0.337 e. The minimum Gasteiger partial charge on any atom is -0.465 e. The number of benzene rings is 2. The van der Waals surface area contributed by atoms with E-state index in [4.69, 9.17) is 0 Å². The van der Waals surface area contributed by atoms with Crippen LogP contribution in [0.25, 0.3) is 0 Å². The van der Waals surface area contributed by atoms with Gasteiger partial charge in [-0.3, -0.25) is 4.79 Å². The van der Waals surface area contributed by atoms with Gasteiger partial charge in [-0.05, 0) is 42.3 Å². The molecule has 0 aliphatic rings. The summed E-state index contributed by atoms with van der Waals surface area (Å²) in [6.45, 7) is 0.518. The molecule has 0 spiro atoms. The summed E-state index contributed by atoms with van der Waals surface area (Å²) >= 11 is 0.